The Bertz CT molecular complexity index is 1110. The third kappa shape index (κ3) is 3.83. The molecule has 158 valence electrons. The third-order valence-electron chi connectivity index (χ3n) is 4.92. The van der Waals surface area contributed by atoms with Gasteiger partial charge in [0.2, 0.25) is 5.91 Å². The summed E-state index contributed by atoms with van der Waals surface area (Å²) in [7, 11) is 1.83. The van der Waals surface area contributed by atoms with Crippen molar-refractivity contribution in [3.8, 4) is 10.6 Å². The predicted octanol–water partition coefficient (Wildman–Crippen LogP) is 3.44. The molecule has 1 aliphatic rings. The summed E-state index contributed by atoms with van der Waals surface area (Å²) in [6.45, 7) is 7.71. The molecule has 3 aromatic heterocycles. The Morgan fingerprint density at radius 2 is 2.07 bits per heavy atom. The molecule has 7 nitrogen and oxygen atoms in total. The lowest BCUT2D eigenvalue weighted by atomic mass is 10.1. The van der Waals surface area contributed by atoms with Crippen molar-refractivity contribution in [1.29, 1.82) is 0 Å². The number of thiophene rings is 1. The second kappa shape index (κ2) is 7.70. The van der Waals surface area contributed by atoms with E-state index < -0.39 is 6.04 Å². The molecule has 1 atom stereocenters. The summed E-state index contributed by atoms with van der Waals surface area (Å²) in [4.78, 5) is 34.0. The monoisotopic (exact) mass is 443 g/mol. The van der Waals surface area contributed by atoms with Crippen molar-refractivity contribution >= 4 is 45.9 Å². The predicted molar refractivity (Wildman–Crippen MR) is 122 cm³/mol. The minimum absolute atomic E-state index is 0.118. The maximum atomic E-state index is 13.7. The van der Waals surface area contributed by atoms with Gasteiger partial charge in [0.15, 0.2) is 5.65 Å². The molecule has 3 aromatic rings. The van der Waals surface area contributed by atoms with E-state index in [-0.39, 0.29) is 17.4 Å². The highest BCUT2D eigenvalue weighted by Crippen LogP contribution is 2.32. The van der Waals surface area contributed by atoms with Crippen LogP contribution in [0.25, 0.3) is 21.6 Å². The van der Waals surface area contributed by atoms with Crippen LogP contribution in [0.3, 0.4) is 0 Å². The van der Waals surface area contributed by atoms with Crippen molar-refractivity contribution in [2.75, 3.05) is 11.6 Å². The van der Waals surface area contributed by atoms with Gasteiger partial charge in [-0.2, -0.15) is 5.10 Å². The van der Waals surface area contributed by atoms with E-state index in [1.165, 1.54) is 0 Å². The van der Waals surface area contributed by atoms with Crippen molar-refractivity contribution < 1.29 is 9.59 Å². The van der Waals surface area contributed by atoms with Crippen LogP contribution in [0.4, 0.5) is 0 Å². The standard InChI is InChI=1S/C21H25N5O2S2/c1-12-17-13(9-14(16-7-6-8-30-16)22-18(17)25(5)24-12)20(28)26-11-29-10-15(26)19(27)23-21(2,3)4/h6-9,15H,10-11H2,1-5H3,(H,23,27). The van der Waals surface area contributed by atoms with E-state index in [1.54, 1.807) is 32.7 Å². The molecule has 4 rings (SSSR count). The molecular formula is C21H25N5O2S2. The van der Waals surface area contributed by atoms with E-state index in [0.717, 1.165) is 21.7 Å². The average Bonchev–Trinajstić information content (AvgIpc) is 3.40. The highest BCUT2D eigenvalue weighted by Gasteiger charge is 2.37. The highest BCUT2D eigenvalue weighted by atomic mass is 32.2. The molecule has 0 aromatic carbocycles. The molecule has 9 heteroatoms. The minimum atomic E-state index is -0.493. The topological polar surface area (TPSA) is 80.1 Å². The van der Waals surface area contributed by atoms with Crippen molar-refractivity contribution in [2.45, 2.75) is 39.3 Å². The fraction of sp³-hybridized carbons (Fsp3) is 0.429. The molecule has 1 aliphatic heterocycles. The lowest BCUT2D eigenvalue weighted by Gasteiger charge is -2.28. The number of nitrogens with one attached hydrogen (secondary N) is 1. The van der Waals surface area contributed by atoms with Crippen LogP contribution < -0.4 is 5.32 Å². The number of nitrogens with zero attached hydrogens (tertiary/aromatic N) is 4. The molecular weight excluding hydrogens is 418 g/mol. The Balaban J connectivity index is 1.78. The third-order valence-corrected chi connectivity index (χ3v) is 6.82. The smallest absolute Gasteiger partial charge is 0.256 e. The fourth-order valence-electron chi connectivity index (χ4n) is 3.63. The molecule has 0 saturated carbocycles. The molecule has 1 fully saturated rings. The van der Waals surface area contributed by atoms with Gasteiger partial charge in [-0.15, -0.1) is 23.1 Å². The quantitative estimate of drug-likeness (QED) is 0.671. The van der Waals surface area contributed by atoms with Gasteiger partial charge in [0.05, 0.1) is 33.1 Å². The first kappa shape index (κ1) is 20.9. The summed E-state index contributed by atoms with van der Waals surface area (Å²) in [5.74, 6) is 0.799. The Morgan fingerprint density at radius 1 is 1.30 bits per heavy atom. The first-order valence-electron chi connectivity index (χ1n) is 9.74. The van der Waals surface area contributed by atoms with Crippen LogP contribution in [0.2, 0.25) is 0 Å². The number of carbonyl (C=O) groups excluding carboxylic acids is 2. The first-order valence-corrected chi connectivity index (χ1v) is 11.8. The number of hydrogen-bond acceptors (Lipinski definition) is 6. The molecule has 1 saturated heterocycles. The van der Waals surface area contributed by atoms with Gasteiger partial charge in [0.1, 0.15) is 6.04 Å². The molecule has 4 heterocycles. The number of aromatic nitrogens is 3. The van der Waals surface area contributed by atoms with Gasteiger partial charge >= 0.3 is 0 Å². The number of amides is 2. The second-order valence-electron chi connectivity index (χ2n) is 8.47. The molecule has 0 spiro atoms. The number of pyridine rings is 1. The molecule has 30 heavy (non-hydrogen) atoms. The van der Waals surface area contributed by atoms with E-state index >= 15 is 0 Å². The maximum Gasteiger partial charge on any atom is 0.256 e. The molecule has 0 bridgehead atoms. The number of fused-ring (bicyclic) bond motifs is 1. The normalized spacial score (nSPS) is 17.0. The zero-order valence-corrected chi connectivity index (χ0v) is 19.4. The first-order chi connectivity index (χ1) is 14.2. The van der Waals surface area contributed by atoms with E-state index in [4.69, 9.17) is 4.98 Å². The lowest BCUT2D eigenvalue weighted by Crippen LogP contribution is -2.52. The van der Waals surface area contributed by atoms with Crippen LogP contribution in [-0.4, -0.2) is 54.7 Å². The molecule has 0 aliphatic carbocycles. The van der Waals surface area contributed by atoms with Crippen LogP contribution >= 0.6 is 23.1 Å². The van der Waals surface area contributed by atoms with Crippen LogP contribution in [0.1, 0.15) is 36.8 Å². The van der Waals surface area contributed by atoms with Crippen LogP contribution in [-0.2, 0) is 11.8 Å². The van der Waals surface area contributed by atoms with Gasteiger partial charge in [-0.25, -0.2) is 4.98 Å². The molecule has 0 radical (unpaired) electrons. The molecule has 1 N–H and O–H groups in total. The zero-order valence-electron chi connectivity index (χ0n) is 17.7. The second-order valence-corrected chi connectivity index (χ2v) is 10.4. The number of carbonyl (C=O) groups is 2. The van der Waals surface area contributed by atoms with Gasteiger partial charge < -0.3 is 10.2 Å². The van der Waals surface area contributed by atoms with Crippen LogP contribution in [0.5, 0.6) is 0 Å². The van der Waals surface area contributed by atoms with Crippen LogP contribution in [0, 0.1) is 6.92 Å². The Hall–Kier alpha value is -2.39. The number of aryl methyl sites for hydroxylation is 2. The summed E-state index contributed by atoms with van der Waals surface area (Å²) in [5, 5.41) is 10.2. The van der Waals surface area contributed by atoms with E-state index in [2.05, 4.69) is 10.4 Å². The average molecular weight is 444 g/mol. The lowest BCUT2D eigenvalue weighted by molar-refractivity contribution is -0.125. The Kier molecular flexibility index (Phi) is 5.36. The van der Waals surface area contributed by atoms with E-state index in [9.17, 15) is 9.59 Å². The van der Waals surface area contributed by atoms with Gasteiger partial charge in [-0.1, -0.05) is 6.07 Å². The van der Waals surface area contributed by atoms with E-state index in [0.29, 0.717) is 22.8 Å². The van der Waals surface area contributed by atoms with Gasteiger partial charge in [0, 0.05) is 18.3 Å². The Morgan fingerprint density at radius 3 is 2.73 bits per heavy atom. The fourth-order valence-corrected chi connectivity index (χ4v) is 5.47. The summed E-state index contributed by atoms with van der Waals surface area (Å²) in [5.41, 5.74) is 2.36. The Labute approximate surface area is 183 Å². The van der Waals surface area contributed by atoms with Crippen molar-refractivity contribution in [3.05, 3.63) is 34.8 Å². The van der Waals surface area contributed by atoms with Crippen LogP contribution in [0.15, 0.2) is 23.6 Å². The molecule has 1 unspecified atom stereocenters. The summed E-state index contributed by atoms with van der Waals surface area (Å²) in [6.07, 6.45) is 0. The number of hydrogen-bond donors (Lipinski definition) is 1. The summed E-state index contributed by atoms with van der Waals surface area (Å²) < 4.78 is 1.71. The van der Waals surface area contributed by atoms with Crippen molar-refractivity contribution in [3.63, 3.8) is 0 Å². The van der Waals surface area contributed by atoms with E-state index in [1.807, 2.05) is 58.3 Å². The van der Waals surface area contributed by atoms with Gasteiger partial charge in [-0.3, -0.25) is 14.3 Å². The van der Waals surface area contributed by atoms with Gasteiger partial charge in [-0.05, 0) is 45.2 Å². The van der Waals surface area contributed by atoms with Crippen molar-refractivity contribution in [2.24, 2.45) is 7.05 Å². The highest BCUT2D eigenvalue weighted by molar-refractivity contribution is 7.99. The van der Waals surface area contributed by atoms with Crippen molar-refractivity contribution in [1.82, 2.24) is 25.0 Å². The minimum Gasteiger partial charge on any atom is -0.350 e. The molecule has 2 amide bonds. The van der Waals surface area contributed by atoms with Gasteiger partial charge in [0.25, 0.3) is 5.91 Å². The number of rotatable bonds is 3. The SMILES string of the molecule is Cc1nn(C)c2nc(-c3cccs3)cc(C(=O)N3CSCC3C(=O)NC(C)(C)C)c12. The number of thioether (sulfide) groups is 1. The summed E-state index contributed by atoms with van der Waals surface area (Å²) in [6, 6.07) is 5.30. The largest absolute Gasteiger partial charge is 0.350 e. The maximum absolute atomic E-state index is 13.7. The summed E-state index contributed by atoms with van der Waals surface area (Å²) >= 11 is 3.17. The zero-order chi connectivity index (χ0) is 21.6.